The third kappa shape index (κ3) is 3.73. The lowest BCUT2D eigenvalue weighted by molar-refractivity contribution is 0.0597. The van der Waals surface area contributed by atoms with Crippen molar-refractivity contribution < 1.29 is 19.4 Å². The third-order valence-electron chi connectivity index (χ3n) is 5.04. The summed E-state index contributed by atoms with van der Waals surface area (Å²) in [6, 6.07) is 10.2. The van der Waals surface area contributed by atoms with Gasteiger partial charge in [0.25, 0.3) is 0 Å². The summed E-state index contributed by atoms with van der Waals surface area (Å²) in [4.78, 5) is 24.3. The summed E-state index contributed by atoms with van der Waals surface area (Å²) in [5, 5.41) is 9.95. The number of fused-ring (bicyclic) bond motifs is 1. The van der Waals surface area contributed by atoms with Gasteiger partial charge in [0, 0.05) is 11.1 Å². The van der Waals surface area contributed by atoms with Crippen LogP contribution in [0.1, 0.15) is 64.1 Å². The third-order valence-corrected chi connectivity index (χ3v) is 5.04. The second-order valence-corrected chi connectivity index (χ2v) is 7.38. The maximum Gasteiger partial charge on any atom is 0.341 e. The molecule has 0 fully saturated rings. The van der Waals surface area contributed by atoms with Crippen LogP contribution in [0.3, 0.4) is 0 Å². The molecule has 0 unspecified atom stereocenters. The zero-order valence-electron chi connectivity index (χ0n) is 15.8. The molecule has 138 valence electrons. The summed E-state index contributed by atoms with van der Waals surface area (Å²) in [6.07, 6.45) is 3.14. The van der Waals surface area contributed by atoms with Crippen molar-refractivity contribution in [2.75, 3.05) is 7.11 Å². The van der Waals surface area contributed by atoms with E-state index in [0.717, 1.165) is 24.8 Å². The first kappa shape index (κ1) is 18.7. The van der Waals surface area contributed by atoms with Crippen LogP contribution < -0.4 is 0 Å². The standard InChI is InChI=1S/C23H22O4/c1-23(2)13-5-7-16-6-4-8-17(21(16)23)19(24)12-10-15-9-11-18(20(25)14-15)22(26)27-3/h4,6,8-9,11,14,25H,5,7,13H2,1-3H3. The number of hydrogen-bond donors (Lipinski definition) is 1. The van der Waals surface area contributed by atoms with Gasteiger partial charge in [0.1, 0.15) is 11.3 Å². The Kier molecular flexibility index (Phi) is 5.05. The molecular weight excluding hydrogens is 340 g/mol. The van der Waals surface area contributed by atoms with Crippen LogP contribution in [0.25, 0.3) is 0 Å². The summed E-state index contributed by atoms with van der Waals surface area (Å²) < 4.78 is 4.60. The lowest BCUT2D eigenvalue weighted by atomic mass is 9.70. The molecule has 3 rings (SSSR count). The highest BCUT2D eigenvalue weighted by atomic mass is 16.5. The van der Waals surface area contributed by atoms with Crippen molar-refractivity contribution in [2.24, 2.45) is 0 Å². The van der Waals surface area contributed by atoms with E-state index in [1.54, 1.807) is 6.07 Å². The van der Waals surface area contributed by atoms with Crippen LogP contribution in [0.5, 0.6) is 5.75 Å². The number of aryl methyl sites for hydroxylation is 1. The van der Waals surface area contributed by atoms with Gasteiger partial charge in [0.2, 0.25) is 5.78 Å². The highest BCUT2D eigenvalue weighted by Gasteiger charge is 2.31. The first-order chi connectivity index (χ1) is 12.8. The Morgan fingerprint density at radius 1 is 1.15 bits per heavy atom. The van der Waals surface area contributed by atoms with E-state index in [0.29, 0.717) is 11.1 Å². The molecule has 1 N–H and O–H groups in total. The molecule has 2 aromatic rings. The number of esters is 1. The predicted molar refractivity (Wildman–Crippen MR) is 103 cm³/mol. The van der Waals surface area contributed by atoms with Gasteiger partial charge in [-0.05, 0) is 59.9 Å². The molecule has 0 saturated carbocycles. The molecule has 0 atom stereocenters. The summed E-state index contributed by atoms with van der Waals surface area (Å²) >= 11 is 0. The molecule has 0 amide bonds. The number of methoxy groups -OCH3 is 1. The van der Waals surface area contributed by atoms with Gasteiger partial charge in [-0.3, -0.25) is 4.79 Å². The van der Waals surface area contributed by atoms with Gasteiger partial charge >= 0.3 is 5.97 Å². The lowest BCUT2D eigenvalue weighted by Gasteiger charge is -2.34. The monoisotopic (exact) mass is 362 g/mol. The number of ether oxygens (including phenoxy) is 1. The van der Waals surface area contributed by atoms with Gasteiger partial charge in [0.05, 0.1) is 7.11 Å². The first-order valence-corrected chi connectivity index (χ1v) is 8.93. The highest BCUT2D eigenvalue weighted by Crippen LogP contribution is 2.38. The molecule has 0 saturated heterocycles. The number of carbonyl (C=O) groups excluding carboxylic acids is 2. The van der Waals surface area contributed by atoms with Crippen molar-refractivity contribution in [2.45, 2.75) is 38.5 Å². The van der Waals surface area contributed by atoms with Crippen LogP contribution in [0, 0.1) is 11.8 Å². The summed E-state index contributed by atoms with van der Waals surface area (Å²) in [5.74, 6) is 4.38. The molecule has 2 aromatic carbocycles. The van der Waals surface area contributed by atoms with Crippen molar-refractivity contribution in [1.82, 2.24) is 0 Å². The minimum Gasteiger partial charge on any atom is -0.507 e. The normalized spacial score (nSPS) is 14.5. The molecule has 0 heterocycles. The minimum atomic E-state index is -0.624. The number of phenols is 1. The number of aromatic hydroxyl groups is 1. The molecule has 4 nitrogen and oxygen atoms in total. The Morgan fingerprint density at radius 3 is 2.63 bits per heavy atom. The predicted octanol–water partition coefficient (Wildman–Crippen LogP) is 4.03. The number of phenolic OH excluding ortho intramolecular Hbond substituents is 1. The topological polar surface area (TPSA) is 63.6 Å². The average molecular weight is 362 g/mol. The van der Waals surface area contributed by atoms with Gasteiger partial charge in [-0.15, -0.1) is 0 Å². The van der Waals surface area contributed by atoms with Crippen LogP contribution in [-0.4, -0.2) is 24.0 Å². The van der Waals surface area contributed by atoms with E-state index in [9.17, 15) is 14.7 Å². The fraction of sp³-hybridized carbons (Fsp3) is 0.304. The highest BCUT2D eigenvalue weighted by molar-refractivity contribution is 6.10. The maximum absolute atomic E-state index is 12.8. The van der Waals surface area contributed by atoms with Crippen LogP contribution in [-0.2, 0) is 16.6 Å². The van der Waals surface area contributed by atoms with Gasteiger partial charge in [-0.1, -0.05) is 38.0 Å². The van der Waals surface area contributed by atoms with E-state index in [4.69, 9.17) is 0 Å². The summed E-state index contributed by atoms with van der Waals surface area (Å²) in [7, 11) is 1.25. The van der Waals surface area contributed by atoms with Crippen molar-refractivity contribution in [3.63, 3.8) is 0 Å². The van der Waals surface area contributed by atoms with E-state index < -0.39 is 5.97 Å². The fourth-order valence-corrected chi connectivity index (χ4v) is 3.73. The molecule has 0 spiro atoms. The summed E-state index contributed by atoms with van der Waals surface area (Å²) in [6.45, 7) is 4.33. The van der Waals surface area contributed by atoms with Gasteiger partial charge < -0.3 is 9.84 Å². The second kappa shape index (κ2) is 7.28. The van der Waals surface area contributed by atoms with Crippen LogP contribution >= 0.6 is 0 Å². The number of carbonyl (C=O) groups is 2. The SMILES string of the molecule is COC(=O)c1ccc(C#CC(=O)c2cccc3c2C(C)(C)CCC3)cc1O. The number of Topliss-reactive ketones (excluding diaryl/α,β-unsaturated/α-hetero) is 1. The first-order valence-electron chi connectivity index (χ1n) is 8.93. The molecule has 0 aromatic heterocycles. The zero-order chi connectivity index (χ0) is 19.6. The van der Waals surface area contributed by atoms with Crippen molar-refractivity contribution in [3.8, 4) is 17.6 Å². The van der Waals surface area contributed by atoms with E-state index in [1.165, 1.54) is 24.8 Å². The molecule has 0 aliphatic heterocycles. The van der Waals surface area contributed by atoms with Gasteiger partial charge in [0.15, 0.2) is 0 Å². The lowest BCUT2D eigenvalue weighted by Crippen LogP contribution is -2.26. The number of ketones is 1. The molecule has 0 bridgehead atoms. The van der Waals surface area contributed by atoms with Crippen LogP contribution in [0.4, 0.5) is 0 Å². The molecule has 1 aliphatic rings. The van der Waals surface area contributed by atoms with Gasteiger partial charge in [-0.25, -0.2) is 4.79 Å². The Labute approximate surface area is 159 Å². The largest absolute Gasteiger partial charge is 0.507 e. The Hall–Kier alpha value is -3.06. The second-order valence-electron chi connectivity index (χ2n) is 7.38. The van der Waals surface area contributed by atoms with E-state index in [1.807, 2.05) is 12.1 Å². The summed E-state index contributed by atoms with van der Waals surface area (Å²) in [5.41, 5.74) is 3.44. The van der Waals surface area contributed by atoms with E-state index in [2.05, 4.69) is 36.5 Å². The molecule has 1 aliphatic carbocycles. The minimum absolute atomic E-state index is 0.0536. The van der Waals surface area contributed by atoms with Crippen molar-refractivity contribution in [3.05, 3.63) is 64.2 Å². The van der Waals surface area contributed by atoms with Crippen molar-refractivity contribution >= 4 is 11.8 Å². The number of benzene rings is 2. The molecule has 4 heteroatoms. The van der Waals surface area contributed by atoms with E-state index >= 15 is 0 Å². The zero-order valence-corrected chi connectivity index (χ0v) is 15.8. The Bertz CT molecular complexity index is 974. The quantitative estimate of drug-likeness (QED) is 0.498. The Balaban J connectivity index is 1.93. The Morgan fingerprint density at radius 2 is 1.93 bits per heavy atom. The maximum atomic E-state index is 12.8. The van der Waals surface area contributed by atoms with E-state index in [-0.39, 0.29) is 22.5 Å². The molecular formula is C23H22O4. The molecule has 27 heavy (non-hydrogen) atoms. The van der Waals surface area contributed by atoms with Crippen molar-refractivity contribution in [1.29, 1.82) is 0 Å². The fourth-order valence-electron chi connectivity index (χ4n) is 3.73. The number of rotatable bonds is 2. The van der Waals surface area contributed by atoms with Crippen LogP contribution in [0.15, 0.2) is 36.4 Å². The smallest absolute Gasteiger partial charge is 0.341 e. The molecule has 0 radical (unpaired) electrons. The number of hydrogen-bond acceptors (Lipinski definition) is 4. The van der Waals surface area contributed by atoms with Gasteiger partial charge in [-0.2, -0.15) is 0 Å². The average Bonchev–Trinajstić information content (AvgIpc) is 2.65. The van der Waals surface area contributed by atoms with Crippen LogP contribution in [0.2, 0.25) is 0 Å².